The number of carboxylic acids is 1. The van der Waals surface area contributed by atoms with Crippen LogP contribution in [0.1, 0.15) is 12.0 Å². The van der Waals surface area contributed by atoms with Gasteiger partial charge in [-0.3, -0.25) is 4.79 Å². The Morgan fingerprint density at radius 3 is 2.72 bits per heavy atom. The quantitative estimate of drug-likeness (QED) is 0.796. The van der Waals surface area contributed by atoms with Crippen molar-refractivity contribution in [2.75, 3.05) is 6.61 Å². The van der Waals surface area contributed by atoms with Crippen LogP contribution in [0.15, 0.2) is 29.8 Å². The molecule has 1 N–H and O–H groups in total. The lowest BCUT2D eigenvalue weighted by Crippen LogP contribution is -2.04. The fourth-order valence-corrected chi connectivity index (χ4v) is 1.21. The van der Waals surface area contributed by atoms with Gasteiger partial charge in [-0.25, -0.2) is 0 Å². The number of allylic oxidation sites excluding steroid dienone is 1. The lowest BCUT2D eigenvalue weighted by molar-refractivity contribution is -0.137. The average molecular weight is 242 g/mol. The number of rotatable bonds is 5. The summed E-state index contributed by atoms with van der Waals surface area (Å²) in [5.41, 5.74) is 0.651. The van der Waals surface area contributed by atoms with Crippen molar-refractivity contribution in [2.45, 2.75) is 6.42 Å². The minimum atomic E-state index is -0.928. The highest BCUT2D eigenvalue weighted by molar-refractivity contribution is 5.66. The zero-order valence-electron chi connectivity index (χ0n) is 9.46. The van der Waals surface area contributed by atoms with Crippen molar-refractivity contribution in [3.8, 4) is 17.9 Å². The van der Waals surface area contributed by atoms with Gasteiger partial charge in [0.2, 0.25) is 0 Å². The van der Waals surface area contributed by atoms with Crippen LogP contribution in [0.4, 0.5) is 0 Å². The highest BCUT2D eigenvalue weighted by Gasteiger charge is 2.00. The second-order valence-electron chi connectivity index (χ2n) is 3.35. The average Bonchev–Trinajstić information content (AvgIpc) is 2.36. The standard InChI is InChI=1S/C13H10N2O3/c14-8-11(9-15)6-10-2-1-3-12(7-10)18-5-4-13(16)17/h1-3,6-7H,4-5H2,(H,16,17). The van der Waals surface area contributed by atoms with Crippen molar-refractivity contribution in [3.63, 3.8) is 0 Å². The van der Waals surface area contributed by atoms with Crippen LogP contribution >= 0.6 is 0 Å². The van der Waals surface area contributed by atoms with E-state index in [9.17, 15) is 4.79 Å². The molecule has 0 unspecified atom stereocenters. The summed E-state index contributed by atoms with van der Waals surface area (Å²) in [6, 6.07) is 10.3. The van der Waals surface area contributed by atoms with Gasteiger partial charge in [-0.05, 0) is 23.8 Å². The molecule has 5 heteroatoms. The van der Waals surface area contributed by atoms with Gasteiger partial charge in [0.25, 0.3) is 0 Å². The molecule has 5 nitrogen and oxygen atoms in total. The number of benzene rings is 1. The molecule has 0 aliphatic heterocycles. The Labute approximate surface area is 104 Å². The molecule has 1 aromatic rings. The van der Waals surface area contributed by atoms with Crippen LogP contribution in [0.2, 0.25) is 0 Å². The molecule has 0 saturated carbocycles. The Morgan fingerprint density at radius 2 is 2.11 bits per heavy atom. The summed E-state index contributed by atoms with van der Waals surface area (Å²) >= 11 is 0. The van der Waals surface area contributed by atoms with Crippen molar-refractivity contribution in [1.82, 2.24) is 0 Å². The van der Waals surface area contributed by atoms with Gasteiger partial charge in [0, 0.05) is 0 Å². The van der Waals surface area contributed by atoms with E-state index in [1.165, 1.54) is 6.08 Å². The second-order valence-corrected chi connectivity index (χ2v) is 3.35. The molecular weight excluding hydrogens is 232 g/mol. The van der Waals surface area contributed by atoms with Crippen molar-refractivity contribution in [3.05, 3.63) is 35.4 Å². The largest absolute Gasteiger partial charge is 0.493 e. The number of hydrogen-bond acceptors (Lipinski definition) is 4. The minimum Gasteiger partial charge on any atom is -0.493 e. The topological polar surface area (TPSA) is 94.1 Å². The first-order valence-electron chi connectivity index (χ1n) is 5.12. The number of nitriles is 2. The summed E-state index contributed by atoms with van der Waals surface area (Å²) in [5, 5.41) is 25.7. The van der Waals surface area contributed by atoms with Crippen molar-refractivity contribution in [2.24, 2.45) is 0 Å². The third-order valence-electron chi connectivity index (χ3n) is 1.99. The van der Waals surface area contributed by atoms with E-state index in [0.29, 0.717) is 11.3 Å². The number of aliphatic carboxylic acids is 1. The minimum absolute atomic E-state index is 0.00214. The lowest BCUT2D eigenvalue weighted by Gasteiger charge is -2.04. The molecule has 18 heavy (non-hydrogen) atoms. The van der Waals surface area contributed by atoms with E-state index < -0.39 is 5.97 Å². The van der Waals surface area contributed by atoms with Gasteiger partial charge in [-0.1, -0.05) is 12.1 Å². The zero-order valence-corrected chi connectivity index (χ0v) is 9.46. The maximum atomic E-state index is 10.3. The first-order valence-corrected chi connectivity index (χ1v) is 5.12. The lowest BCUT2D eigenvalue weighted by atomic mass is 10.1. The summed E-state index contributed by atoms with van der Waals surface area (Å²) < 4.78 is 5.23. The van der Waals surface area contributed by atoms with Gasteiger partial charge in [0.05, 0.1) is 13.0 Å². The number of carboxylic acid groups (broad SMARTS) is 1. The molecule has 0 fully saturated rings. The third kappa shape index (κ3) is 4.38. The molecule has 0 aromatic heterocycles. The van der Waals surface area contributed by atoms with Crippen LogP contribution in [-0.2, 0) is 4.79 Å². The third-order valence-corrected chi connectivity index (χ3v) is 1.99. The molecule has 90 valence electrons. The summed E-state index contributed by atoms with van der Waals surface area (Å²) in [6.45, 7) is 0.0753. The number of nitrogens with zero attached hydrogens (tertiary/aromatic N) is 2. The second kappa shape index (κ2) is 6.72. The molecule has 0 saturated heterocycles. The molecule has 1 aromatic carbocycles. The molecule has 0 aliphatic carbocycles. The molecule has 0 radical (unpaired) electrons. The van der Waals surface area contributed by atoms with E-state index >= 15 is 0 Å². The van der Waals surface area contributed by atoms with Crippen LogP contribution in [0.5, 0.6) is 5.75 Å². The van der Waals surface area contributed by atoms with Crippen LogP contribution in [0.3, 0.4) is 0 Å². The van der Waals surface area contributed by atoms with Gasteiger partial charge in [0.1, 0.15) is 23.5 Å². The van der Waals surface area contributed by atoms with E-state index in [0.717, 1.165) is 0 Å². The molecule has 0 spiro atoms. The van der Waals surface area contributed by atoms with E-state index in [4.69, 9.17) is 20.4 Å². The summed E-state index contributed by atoms with van der Waals surface area (Å²) in [7, 11) is 0. The van der Waals surface area contributed by atoms with Crippen molar-refractivity contribution in [1.29, 1.82) is 10.5 Å². The Hall–Kier alpha value is -2.79. The number of ether oxygens (including phenoxy) is 1. The van der Waals surface area contributed by atoms with Gasteiger partial charge < -0.3 is 9.84 Å². The first-order chi connectivity index (χ1) is 8.65. The van der Waals surface area contributed by atoms with Gasteiger partial charge in [-0.15, -0.1) is 0 Å². The Balaban J connectivity index is 2.75. The molecule has 0 heterocycles. The summed E-state index contributed by atoms with van der Waals surface area (Å²) in [5.74, 6) is -0.428. The van der Waals surface area contributed by atoms with E-state index in [-0.39, 0.29) is 18.6 Å². The smallest absolute Gasteiger partial charge is 0.306 e. The normalized spacial score (nSPS) is 8.78. The van der Waals surface area contributed by atoms with Crippen LogP contribution < -0.4 is 4.74 Å². The fourth-order valence-electron chi connectivity index (χ4n) is 1.21. The fraction of sp³-hybridized carbons (Fsp3) is 0.154. The highest BCUT2D eigenvalue weighted by atomic mass is 16.5. The first kappa shape index (κ1) is 13.3. The molecule has 0 amide bonds. The molecule has 1 rings (SSSR count). The Kier molecular flexibility index (Phi) is 4.96. The summed E-state index contributed by atoms with van der Waals surface area (Å²) in [6.07, 6.45) is 1.35. The zero-order chi connectivity index (χ0) is 13.4. The Bertz CT molecular complexity index is 534. The number of carbonyl (C=O) groups is 1. The Morgan fingerprint density at radius 1 is 1.39 bits per heavy atom. The predicted molar refractivity (Wildman–Crippen MR) is 63.4 cm³/mol. The number of hydrogen-bond donors (Lipinski definition) is 1. The maximum Gasteiger partial charge on any atom is 0.306 e. The van der Waals surface area contributed by atoms with Crippen molar-refractivity contribution < 1.29 is 14.6 Å². The predicted octanol–water partition coefficient (Wildman–Crippen LogP) is 1.97. The van der Waals surface area contributed by atoms with E-state index in [2.05, 4.69) is 0 Å². The van der Waals surface area contributed by atoms with Crippen LogP contribution in [-0.4, -0.2) is 17.7 Å². The van der Waals surface area contributed by atoms with E-state index in [1.807, 2.05) is 0 Å². The van der Waals surface area contributed by atoms with Crippen molar-refractivity contribution >= 4 is 12.0 Å². The molecular formula is C13H10N2O3. The van der Waals surface area contributed by atoms with Gasteiger partial charge in [0.15, 0.2) is 0 Å². The monoisotopic (exact) mass is 242 g/mol. The molecule has 0 bridgehead atoms. The maximum absolute atomic E-state index is 10.3. The molecule has 0 atom stereocenters. The highest BCUT2D eigenvalue weighted by Crippen LogP contribution is 2.15. The van der Waals surface area contributed by atoms with Crippen LogP contribution in [0.25, 0.3) is 6.08 Å². The van der Waals surface area contributed by atoms with E-state index in [1.54, 1.807) is 36.4 Å². The SMILES string of the molecule is N#CC(C#N)=Cc1cccc(OCCC(=O)O)c1. The van der Waals surface area contributed by atoms with Crippen LogP contribution in [0, 0.1) is 22.7 Å². The molecule has 0 aliphatic rings. The summed E-state index contributed by atoms with van der Waals surface area (Å²) in [4.78, 5) is 10.3. The van der Waals surface area contributed by atoms with Gasteiger partial charge in [-0.2, -0.15) is 10.5 Å². The van der Waals surface area contributed by atoms with Gasteiger partial charge >= 0.3 is 5.97 Å².